The second-order valence-corrected chi connectivity index (χ2v) is 5.87. The summed E-state index contributed by atoms with van der Waals surface area (Å²) in [6.07, 6.45) is 2.31. The maximum Gasteiger partial charge on any atom is 0.125 e. The van der Waals surface area contributed by atoms with Gasteiger partial charge in [0, 0.05) is 38.4 Å². The van der Waals surface area contributed by atoms with Gasteiger partial charge in [0.15, 0.2) is 0 Å². The normalized spacial score (nSPS) is 17.1. The molecule has 1 N–H and O–H groups in total. The Morgan fingerprint density at radius 1 is 1.24 bits per heavy atom. The largest absolute Gasteiger partial charge is 0.371 e. The van der Waals surface area contributed by atoms with Crippen molar-refractivity contribution in [2.45, 2.75) is 39.3 Å². The van der Waals surface area contributed by atoms with Crippen LogP contribution in [0, 0.1) is 5.82 Å². The molecule has 1 aromatic carbocycles. The molecule has 0 aromatic heterocycles. The zero-order valence-corrected chi connectivity index (χ0v) is 13.5. The molecule has 21 heavy (non-hydrogen) atoms. The molecular weight excluding hydrogens is 265 g/mol. The quantitative estimate of drug-likeness (QED) is 0.870. The fraction of sp³-hybridized carbons (Fsp3) is 0.647. The van der Waals surface area contributed by atoms with Crippen molar-refractivity contribution < 1.29 is 4.39 Å². The molecule has 1 fully saturated rings. The van der Waals surface area contributed by atoms with Crippen molar-refractivity contribution in [3.05, 3.63) is 29.6 Å². The van der Waals surface area contributed by atoms with E-state index < -0.39 is 0 Å². The van der Waals surface area contributed by atoms with Gasteiger partial charge in [-0.1, -0.05) is 13.8 Å². The number of anilines is 1. The first-order valence-corrected chi connectivity index (χ1v) is 8.09. The van der Waals surface area contributed by atoms with E-state index in [1.165, 1.54) is 0 Å². The summed E-state index contributed by atoms with van der Waals surface area (Å²) in [6.45, 7) is 9.32. The Balaban J connectivity index is 2.04. The van der Waals surface area contributed by atoms with Crippen LogP contribution in [0.5, 0.6) is 0 Å². The zero-order chi connectivity index (χ0) is 15.2. The minimum Gasteiger partial charge on any atom is -0.371 e. The van der Waals surface area contributed by atoms with Gasteiger partial charge in [0.1, 0.15) is 5.82 Å². The van der Waals surface area contributed by atoms with Crippen LogP contribution in [0.15, 0.2) is 18.2 Å². The van der Waals surface area contributed by atoms with E-state index >= 15 is 0 Å². The molecule has 2 rings (SSSR count). The monoisotopic (exact) mass is 293 g/mol. The van der Waals surface area contributed by atoms with Gasteiger partial charge in [-0.2, -0.15) is 0 Å². The summed E-state index contributed by atoms with van der Waals surface area (Å²) in [5, 5.41) is 3.26. The van der Waals surface area contributed by atoms with Crippen molar-refractivity contribution in [2.75, 3.05) is 38.1 Å². The third kappa shape index (κ3) is 4.42. The fourth-order valence-corrected chi connectivity index (χ4v) is 3.04. The van der Waals surface area contributed by atoms with Gasteiger partial charge in [-0.3, -0.25) is 0 Å². The van der Waals surface area contributed by atoms with Crippen LogP contribution in [0.3, 0.4) is 0 Å². The van der Waals surface area contributed by atoms with E-state index in [9.17, 15) is 4.39 Å². The van der Waals surface area contributed by atoms with E-state index in [0.29, 0.717) is 6.04 Å². The highest BCUT2D eigenvalue weighted by Crippen LogP contribution is 2.24. The summed E-state index contributed by atoms with van der Waals surface area (Å²) in [4.78, 5) is 4.73. The molecule has 118 valence electrons. The first-order chi connectivity index (χ1) is 10.1. The summed E-state index contributed by atoms with van der Waals surface area (Å²) >= 11 is 0. The molecule has 0 aliphatic carbocycles. The average Bonchev–Trinajstić information content (AvgIpc) is 2.51. The van der Waals surface area contributed by atoms with Gasteiger partial charge in [-0.15, -0.1) is 0 Å². The number of rotatable bonds is 6. The number of nitrogens with one attached hydrogen (secondary N) is 1. The average molecular weight is 293 g/mol. The van der Waals surface area contributed by atoms with Gasteiger partial charge in [-0.05, 0) is 49.7 Å². The highest BCUT2D eigenvalue weighted by Gasteiger charge is 2.22. The predicted octanol–water partition coefficient (Wildman–Crippen LogP) is 2.86. The van der Waals surface area contributed by atoms with Crippen LogP contribution in [0.2, 0.25) is 0 Å². The number of benzene rings is 1. The molecule has 1 aliphatic heterocycles. The molecule has 0 atom stereocenters. The molecule has 0 radical (unpaired) electrons. The van der Waals surface area contributed by atoms with Crippen molar-refractivity contribution in [1.29, 1.82) is 0 Å². The van der Waals surface area contributed by atoms with Crippen molar-refractivity contribution in [2.24, 2.45) is 0 Å². The van der Waals surface area contributed by atoms with Crippen molar-refractivity contribution >= 4 is 5.69 Å². The second-order valence-electron chi connectivity index (χ2n) is 5.87. The first-order valence-electron chi connectivity index (χ1n) is 8.09. The number of halogens is 1. The van der Waals surface area contributed by atoms with E-state index in [2.05, 4.69) is 42.1 Å². The van der Waals surface area contributed by atoms with Crippen LogP contribution in [0.25, 0.3) is 0 Å². The van der Waals surface area contributed by atoms with Crippen LogP contribution < -0.4 is 10.2 Å². The molecule has 0 bridgehead atoms. The Bertz CT molecular complexity index is 442. The van der Waals surface area contributed by atoms with Gasteiger partial charge in [-0.25, -0.2) is 4.39 Å². The van der Waals surface area contributed by atoms with Crippen LogP contribution >= 0.6 is 0 Å². The van der Waals surface area contributed by atoms with Crippen LogP contribution in [-0.4, -0.2) is 44.2 Å². The number of piperidine rings is 1. The molecule has 0 amide bonds. The molecule has 0 spiro atoms. The number of hydrogen-bond donors (Lipinski definition) is 1. The molecular formula is C17H28FN3. The third-order valence-corrected chi connectivity index (χ3v) is 4.48. The Hall–Kier alpha value is -1.13. The third-order valence-electron chi connectivity index (χ3n) is 4.48. The topological polar surface area (TPSA) is 18.5 Å². The van der Waals surface area contributed by atoms with E-state index in [4.69, 9.17) is 0 Å². The predicted molar refractivity (Wildman–Crippen MR) is 87.3 cm³/mol. The van der Waals surface area contributed by atoms with Crippen molar-refractivity contribution in [3.63, 3.8) is 0 Å². The van der Waals surface area contributed by atoms with E-state index in [-0.39, 0.29) is 5.82 Å². The molecule has 1 aromatic rings. The lowest BCUT2D eigenvalue weighted by Gasteiger charge is -2.37. The van der Waals surface area contributed by atoms with Gasteiger partial charge < -0.3 is 15.1 Å². The lowest BCUT2D eigenvalue weighted by atomic mass is 10.0. The molecule has 1 saturated heterocycles. The molecule has 4 heteroatoms. The smallest absolute Gasteiger partial charge is 0.125 e. The highest BCUT2D eigenvalue weighted by molar-refractivity contribution is 5.49. The zero-order valence-electron chi connectivity index (χ0n) is 13.5. The molecule has 0 unspecified atom stereocenters. The highest BCUT2D eigenvalue weighted by atomic mass is 19.1. The van der Waals surface area contributed by atoms with Gasteiger partial charge in [0.05, 0.1) is 0 Å². The molecule has 3 nitrogen and oxygen atoms in total. The Kier molecular flexibility index (Phi) is 6.00. The Morgan fingerprint density at radius 2 is 1.95 bits per heavy atom. The van der Waals surface area contributed by atoms with Crippen LogP contribution in [-0.2, 0) is 6.54 Å². The lowest BCUT2D eigenvalue weighted by Crippen LogP contribution is -2.43. The van der Waals surface area contributed by atoms with Gasteiger partial charge >= 0.3 is 0 Å². The van der Waals surface area contributed by atoms with E-state index in [0.717, 1.165) is 56.8 Å². The second kappa shape index (κ2) is 7.76. The SMILES string of the molecule is CCNCc1cc(F)cc(N(C)C2CCN(CC)CC2)c1. The lowest BCUT2D eigenvalue weighted by molar-refractivity contribution is 0.221. The standard InChI is InChI=1S/C17H28FN3/c1-4-19-13-14-10-15(18)12-17(11-14)20(3)16-6-8-21(5-2)9-7-16/h10-12,16,19H,4-9,13H2,1-3H3. The number of likely N-dealkylation sites (tertiary alicyclic amines) is 1. The molecule has 1 heterocycles. The maximum absolute atomic E-state index is 13.8. The first kappa shape index (κ1) is 16.2. The van der Waals surface area contributed by atoms with Crippen molar-refractivity contribution in [3.8, 4) is 0 Å². The maximum atomic E-state index is 13.8. The van der Waals surface area contributed by atoms with Gasteiger partial charge in [0.2, 0.25) is 0 Å². The summed E-state index contributed by atoms with van der Waals surface area (Å²) in [6, 6.07) is 5.90. The molecule has 0 saturated carbocycles. The van der Waals surface area contributed by atoms with Crippen molar-refractivity contribution in [1.82, 2.24) is 10.2 Å². The fourth-order valence-electron chi connectivity index (χ4n) is 3.04. The molecule has 1 aliphatic rings. The number of nitrogens with zero attached hydrogens (tertiary/aromatic N) is 2. The minimum absolute atomic E-state index is 0.141. The minimum atomic E-state index is -0.141. The Labute approximate surface area is 128 Å². The summed E-state index contributed by atoms with van der Waals surface area (Å²) in [7, 11) is 2.10. The van der Waals surface area contributed by atoms with Crippen LogP contribution in [0.1, 0.15) is 32.3 Å². The van der Waals surface area contributed by atoms with E-state index in [1.54, 1.807) is 12.1 Å². The number of hydrogen-bond acceptors (Lipinski definition) is 3. The van der Waals surface area contributed by atoms with E-state index in [1.807, 2.05) is 0 Å². The summed E-state index contributed by atoms with van der Waals surface area (Å²) < 4.78 is 13.8. The van der Waals surface area contributed by atoms with Crippen LogP contribution in [0.4, 0.5) is 10.1 Å². The Morgan fingerprint density at radius 3 is 2.57 bits per heavy atom. The van der Waals surface area contributed by atoms with Gasteiger partial charge in [0.25, 0.3) is 0 Å². The summed E-state index contributed by atoms with van der Waals surface area (Å²) in [5.41, 5.74) is 2.02. The summed E-state index contributed by atoms with van der Waals surface area (Å²) in [5.74, 6) is -0.141.